The predicted octanol–water partition coefficient (Wildman–Crippen LogP) is 4.50. The fourth-order valence-electron chi connectivity index (χ4n) is 2.99. The van der Waals surface area contributed by atoms with Crippen molar-refractivity contribution in [3.63, 3.8) is 0 Å². The van der Waals surface area contributed by atoms with E-state index >= 15 is 0 Å². The Morgan fingerprint density at radius 3 is 2.95 bits per heavy atom. The molecule has 21 heavy (non-hydrogen) atoms. The topological polar surface area (TPSA) is 15.3 Å². The molecule has 1 aliphatic rings. The lowest BCUT2D eigenvalue weighted by atomic mass is 10.0. The minimum atomic E-state index is -0.204. The summed E-state index contributed by atoms with van der Waals surface area (Å²) in [5.41, 5.74) is 1.12. The second-order valence-electron chi connectivity index (χ2n) is 6.08. The smallest absolute Gasteiger partial charge is 0.137 e. The number of piperidine rings is 1. The van der Waals surface area contributed by atoms with Gasteiger partial charge >= 0.3 is 0 Å². The molecule has 2 unspecified atom stereocenters. The molecular weight excluding hydrogens is 331 g/mol. The van der Waals surface area contributed by atoms with Crippen LogP contribution in [0.25, 0.3) is 0 Å². The van der Waals surface area contributed by atoms with Crippen molar-refractivity contribution in [2.45, 2.75) is 51.6 Å². The van der Waals surface area contributed by atoms with E-state index in [0.717, 1.165) is 24.6 Å². The predicted molar refractivity (Wildman–Crippen MR) is 90.0 cm³/mol. The molecule has 1 aromatic carbocycles. The van der Waals surface area contributed by atoms with Gasteiger partial charge in [-0.15, -0.1) is 0 Å². The Morgan fingerprint density at radius 1 is 1.43 bits per heavy atom. The number of nitrogens with one attached hydrogen (secondary N) is 1. The summed E-state index contributed by atoms with van der Waals surface area (Å²) in [7, 11) is 0. The molecule has 1 aromatic rings. The Kier molecular flexibility index (Phi) is 6.65. The van der Waals surface area contributed by atoms with Gasteiger partial charge in [-0.25, -0.2) is 4.39 Å². The summed E-state index contributed by atoms with van der Waals surface area (Å²) in [5, 5.41) is 3.53. The van der Waals surface area contributed by atoms with Gasteiger partial charge < -0.3 is 10.2 Å². The van der Waals surface area contributed by atoms with Crippen molar-refractivity contribution in [2.24, 2.45) is 0 Å². The second kappa shape index (κ2) is 8.25. The fourth-order valence-corrected chi connectivity index (χ4v) is 3.39. The second-order valence-corrected chi connectivity index (χ2v) is 6.94. The van der Waals surface area contributed by atoms with Crippen LogP contribution in [-0.4, -0.2) is 30.6 Å². The van der Waals surface area contributed by atoms with E-state index in [-0.39, 0.29) is 11.9 Å². The van der Waals surface area contributed by atoms with Crippen LogP contribution in [-0.2, 0) is 0 Å². The first-order chi connectivity index (χ1) is 10.1. The van der Waals surface area contributed by atoms with E-state index < -0.39 is 0 Å². The molecule has 0 aromatic heterocycles. The highest BCUT2D eigenvalue weighted by atomic mass is 79.9. The van der Waals surface area contributed by atoms with Crippen LogP contribution in [0.2, 0.25) is 0 Å². The lowest BCUT2D eigenvalue weighted by molar-refractivity contribution is 0.158. The Hall–Kier alpha value is -0.450. The molecule has 2 rings (SSSR count). The minimum absolute atomic E-state index is 0.204. The standard InChI is InChI=1S/C17H26BrFN2/c1-13-6-3-4-10-21(13)11-5-9-20-14(2)15-7-8-17(19)16(18)12-15/h7-8,12-14,20H,3-6,9-11H2,1-2H3. The molecule has 1 fully saturated rings. The maximum Gasteiger partial charge on any atom is 0.137 e. The molecule has 0 radical (unpaired) electrons. The molecule has 1 saturated heterocycles. The molecular formula is C17H26BrFN2. The molecule has 0 bridgehead atoms. The highest BCUT2D eigenvalue weighted by Crippen LogP contribution is 2.21. The lowest BCUT2D eigenvalue weighted by Crippen LogP contribution is -2.39. The molecule has 2 atom stereocenters. The summed E-state index contributed by atoms with van der Waals surface area (Å²) in [4.78, 5) is 2.60. The summed E-state index contributed by atoms with van der Waals surface area (Å²) in [6.45, 7) is 7.89. The van der Waals surface area contributed by atoms with E-state index in [1.54, 1.807) is 0 Å². The van der Waals surface area contributed by atoms with Gasteiger partial charge in [0, 0.05) is 12.1 Å². The zero-order valence-corrected chi connectivity index (χ0v) is 14.6. The number of hydrogen-bond donors (Lipinski definition) is 1. The van der Waals surface area contributed by atoms with Crippen LogP contribution in [0.4, 0.5) is 4.39 Å². The minimum Gasteiger partial charge on any atom is -0.310 e. The molecule has 0 saturated carbocycles. The molecule has 1 aliphatic heterocycles. The summed E-state index contributed by atoms with van der Waals surface area (Å²) in [5.74, 6) is -0.204. The van der Waals surface area contributed by atoms with Crippen molar-refractivity contribution in [3.8, 4) is 0 Å². The van der Waals surface area contributed by atoms with Crippen LogP contribution < -0.4 is 5.32 Å². The molecule has 0 aliphatic carbocycles. The van der Waals surface area contributed by atoms with Gasteiger partial charge in [-0.1, -0.05) is 12.5 Å². The van der Waals surface area contributed by atoms with Crippen molar-refractivity contribution in [1.82, 2.24) is 10.2 Å². The highest BCUT2D eigenvalue weighted by molar-refractivity contribution is 9.10. The molecule has 1 N–H and O–H groups in total. The van der Waals surface area contributed by atoms with Gasteiger partial charge in [0.05, 0.1) is 4.47 Å². The van der Waals surface area contributed by atoms with Crippen LogP contribution in [0.5, 0.6) is 0 Å². The van der Waals surface area contributed by atoms with E-state index in [2.05, 4.69) is 40.0 Å². The van der Waals surface area contributed by atoms with Crippen molar-refractivity contribution < 1.29 is 4.39 Å². The summed E-state index contributed by atoms with van der Waals surface area (Å²) >= 11 is 3.25. The van der Waals surface area contributed by atoms with Crippen molar-refractivity contribution in [2.75, 3.05) is 19.6 Å². The molecule has 0 amide bonds. The van der Waals surface area contributed by atoms with E-state index in [1.807, 2.05) is 12.1 Å². The molecule has 2 nitrogen and oxygen atoms in total. The average molecular weight is 357 g/mol. The first kappa shape index (κ1) is 16.9. The SMILES string of the molecule is CC(NCCCN1CCCCC1C)c1ccc(F)c(Br)c1. The first-order valence-electron chi connectivity index (χ1n) is 8.00. The normalized spacial score (nSPS) is 21.4. The monoisotopic (exact) mass is 356 g/mol. The third kappa shape index (κ3) is 5.04. The van der Waals surface area contributed by atoms with Crippen LogP contribution in [0, 0.1) is 5.82 Å². The Morgan fingerprint density at radius 2 is 2.24 bits per heavy atom. The Bertz CT molecular complexity index is 452. The maximum atomic E-state index is 13.2. The Labute approximate surface area is 136 Å². The van der Waals surface area contributed by atoms with Gasteiger partial charge in [0.2, 0.25) is 0 Å². The van der Waals surface area contributed by atoms with Crippen molar-refractivity contribution in [3.05, 3.63) is 34.1 Å². The quantitative estimate of drug-likeness (QED) is 0.754. The van der Waals surface area contributed by atoms with E-state index in [0.29, 0.717) is 4.47 Å². The highest BCUT2D eigenvalue weighted by Gasteiger charge is 2.17. The van der Waals surface area contributed by atoms with Crippen molar-refractivity contribution in [1.29, 1.82) is 0 Å². The zero-order chi connectivity index (χ0) is 15.2. The van der Waals surface area contributed by atoms with Gasteiger partial charge in [0.15, 0.2) is 0 Å². The summed E-state index contributed by atoms with van der Waals surface area (Å²) < 4.78 is 13.8. The van der Waals surface area contributed by atoms with Gasteiger partial charge in [0.25, 0.3) is 0 Å². The van der Waals surface area contributed by atoms with Gasteiger partial charge in [-0.3, -0.25) is 0 Å². The number of benzene rings is 1. The summed E-state index contributed by atoms with van der Waals surface area (Å²) in [6, 6.07) is 6.22. The van der Waals surface area contributed by atoms with Crippen LogP contribution >= 0.6 is 15.9 Å². The number of halogens is 2. The fraction of sp³-hybridized carbons (Fsp3) is 0.647. The third-order valence-corrected chi connectivity index (χ3v) is 5.06. The molecule has 118 valence electrons. The summed E-state index contributed by atoms with van der Waals surface area (Å²) in [6.07, 6.45) is 5.23. The van der Waals surface area contributed by atoms with Crippen LogP contribution in [0.1, 0.15) is 51.1 Å². The zero-order valence-electron chi connectivity index (χ0n) is 13.0. The van der Waals surface area contributed by atoms with Crippen LogP contribution in [0.15, 0.2) is 22.7 Å². The lowest BCUT2D eigenvalue weighted by Gasteiger charge is -2.33. The van der Waals surface area contributed by atoms with Gasteiger partial charge in [-0.05, 0) is 86.4 Å². The number of rotatable bonds is 6. The number of hydrogen-bond acceptors (Lipinski definition) is 2. The maximum absolute atomic E-state index is 13.2. The largest absolute Gasteiger partial charge is 0.310 e. The molecule has 1 heterocycles. The van der Waals surface area contributed by atoms with Crippen molar-refractivity contribution >= 4 is 15.9 Å². The first-order valence-corrected chi connectivity index (χ1v) is 8.79. The van der Waals surface area contributed by atoms with E-state index in [4.69, 9.17) is 0 Å². The van der Waals surface area contributed by atoms with Gasteiger partial charge in [-0.2, -0.15) is 0 Å². The number of likely N-dealkylation sites (tertiary alicyclic amines) is 1. The third-order valence-electron chi connectivity index (χ3n) is 4.46. The van der Waals surface area contributed by atoms with Crippen LogP contribution in [0.3, 0.4) is 0 Å². The molecule has 0 spiro atoms. The average Bonchev–Trinajstić information content (AvgIpc) is 2.48. The molecule has 4 heteroatoms. The Balaban J connectivity index is 1.71. The number of nitrogens with zero attached hydrogens (tertiary/aromatic N) is 1. The van der Waals surface area contributed by atoms with Gasteiger partial charge in [0.1, 0.15) is 5.82 Å². The van der Waals surface area contributed by atoms with E-state index in [1.165, 1.54) is 38.4 Å². The van der Waals surface area contributed by atoms with E-state index in [9.17, 15) is 4.39 Å².